The van der Waals surface area contributed by atoms with Crippen LogP contribution in [0.2, 0.25) is 19.6 Å². The summed E-state index contributed by atoms with van der Waals surface area (Å²) in [5.74, 6) is 1.86. The highest BCUT2D eigenvalue weighted by Gasteiger charge is 2.67. The van der Waals surface area contributed by atoms with E-state index in [0.717, 1.165) is 34.1 Å². The second-order valence-electron chi connectivity index (χ2n) is 15.1. The molecule has 2 aliphatic rings. The van der Waals surface area contributed by atoms with Crippen molar-refractivity contribution >= 4 is 41.0 Å². The molecule has 8 rings (SSSR count). The van der Waals surface area contributed by atoms with Crippen LogP contribution >= 0.6 is 0 Å². The lowest BCUT2D eigenvalue weighted by Crippen LogP contribution is -2.70. The normalized spacial score (nSPS) is 22.5. The van der Waals surface area contributed by atoms with Crippen molar-refractivity contribution in [2.45, 2.75) is 58.4 Å². The zero-order valence-corrected chi connectivity index (χ0v) is 29.9. The monoisotopic (exact) mass is 637 g/mol. The Morgan fingerprint density at radius 1 is 1.04 bits per heavy atom. The van der Waals surface area contributed by atoms with Crippen LogP contribution in [0.1, 0.15) is 25.1 Å². The van der Waals surface area contributed by atoms with Crippen LogP contribution in [0, 0.1) is 18.8 Å². The van der Waals surface area contributed by atoms with Crippen LogP contribution in [0.3, 0.4) is 0 Å². The Kier molecular flexibility index (Phi) is 6.55. The molecule has 238 valence electrons. The number of hydrogen-bond acceptors (Lipinski definition) is 3. The number of rotatable bonds is 5. The molecule has 1 spiro atoms. The minimum atomic E-state index is -1.40. The maximum Gasteiger partial charge on any atom is 0.290 e. The summed E-state index contributed by atoms with van der Waals surface area (Å²) in [6.07, 6.45) is 7.56. The number of imidazole rings is 1. The van der Waals surface area contributed by atoms with Crippen LogP contribution in [0.15, 0.2) is 101 Å². The quantitative estimate of drug-likeness (QED) is 0.107. The van der Waals surface area contributed by atoms with Gasteiger partial charge in [-0.25, -0.2) is 9.13 Å². The van der Waals surface area contributed by atoms with Crippen molar-refractivity contribution in [1.82, 2.24) is 14.5 Å². The molecule has 1 saturated carbocycles. The van der Waals surface area contributed by atoms with Crippen LogP contribution < -0.4 is 4.57 Å². The van der Waals surface area contributed by atoms with Gasteiger partial charge in [0.1, 0.15) is 16.7 Å². The second-order valence-corrected chi connectivity index (χ2v) is 20.4. The standard InChI is InChI=1S/C41H45N4OSi/c1-10-34-38(43(5)24-25(2)47(7,8)9)26(3)41(34)23-30-21-37-33(32-20-29(16-17-36(32)46-37)28-14-12-11-13-15-28)22-31(30)40-44(6)39-27(4)42-19-18-35(39)45(40)41/h10-22,24,26,34,38H,1,23H2,2-9H3/q+1/b25-24+. The van der Waals surface area contributed by atoms with Crippen LogP contribution in [0.5, 0.6) is 0 Å². The lowest BCUT2D eigenvalue weighted by molar-refractivity contribution is -0.635. The molecule has 1 fully saturated rings. The second kappa shape index (κ2) is 10.3. The third kappa shape index (κ3) is 4.13. The molecular formula is C41H45N4OSi+. The first-order valence-electron chi connectivity index (χ1n) is 16.9. The Morgan fingerprint density at radius 2 is 1.79 bits per heavy atom. The number of aromatic nitrogens is 3. The van der Waals surface area contributed by atoms with Gasteiger partial charge in [-0.05, 0) is 61.0 Å². The number of pyridine rings is 1. The van der Waals surface area contributed by atoms with E-state index in [1.165, 1.54) is 44.3 Å². The molecule has 3 aromatic heterocycles. The van der Waals surface area contributed by atoms with Gasteiger partial charge in [-0.3, -0.25) is 4.98 Å². The molecule has 6 heteroatoms. The third-order valence-corrected chi connectivity index (χ3v) is 14.2. The number of hydrogen-bond donors (Lipinski definition) is 0. The van der Waals surface area contributed by atoms with Gasteiger partial charge in [0.15, 0.2) is 11.0 Å². The van der Waals surface area contributed by atoms with E-state index in [-0.39, 0.29) is 11.5 Å². The van der Waals surface area contributed by atoms with Crippen molar-refractivity contribution in [1.29, 1.82) is 0 Å². The van der Waals surface area contributed by atoms with Crippen molar-refractivity contribution in [2.24, 2.45) is 18.9 Å². The Bertz CT molecular complexity index is 2270. The minimum absolute atomic E-state index is 0.169. The molecule has 0 saturated heterocycles. The zero-order chi connectivity index (χ0) is 33.0. The average molecular weight is 638 g/mol. The van der Waals surface area contributed by atoms with Crippen molar-refractivity contribution < 1.29 is 8.98 Å². The lowest BCUT2D eigenvalue weighted by atomic mass is 9.51. The van der Waals surface area contributed by atoms with Gasteiger partial charge in [0.25, 0.3) is 5.82 Å². The first-order chi connectivity index (χ1) is 22.5. The molecule has 4 unspecified atom stereocenters. The molecule has 1 aliphatic carbocycles. The smallest absolute Gasteiger partial charge is 0.290 e. The lowest BCUT2D eigenvalue weighted by Gasteiger charge is -2.61. The number of fused-ring (bicyclic) bond motifs is 9. The van der Waals surface area contributed by atoms with Crippen molar-refractivity contribution in [3.8, 4) is 22.5 Å². The van der Waals surface area contributed by atoms with E-state index >= 15 is 0 Å². The van der Waals surface area contributed by atoms with E-state index in [1.54, 1.807) is 0 Å². The Hall–Kier alpha value is -4.42. The number of allylic oxidation sites excluding steroid dienone is 1. The molecular weight excluding hydrogens is 593 g/mol. The minimum Gasteiger partial charge on any atom is -0.456 e. The van der Waals surface area contributed by atoms with Gasteiger partial charge >= 0.3 is 0 Å². The number of furan rings is 1. The summed E-state index contributed by atoms with van der Waals surface area (Å²) in [6, 6.07) is 24.5. The fourth-order valence-electron chi connectivity index (χ4n) is 8.90. The maximum atomic E-state index is 6.58. The van der Waals surface area contributed by atoms with Gasteiger partial charge in [0, 0.05) is 54.4 Å². The Morgan fingerprint density at radius 3 is 2.51 bits per heavy atom. The SMILES string of the molecule is C=CC1C(N(C)/C=C(\C)[Si](C)(C)C)C(C)C12Cc1cc3oc4ccc(-c5ccccc5)cc4c3cc1-c1n2c2ccnc(C)c2[n+]1C. The van der Waals surface area contributed by atoms with E-state index in [9.17, 15) is 0 Å². The van der Waals surface area contributed by atoms with E-state index in [4.69, 9.17) is 9.40 Å². The molecule has 5 nitrogen and oxygen atoms in total. The zero-order valence-electron chi connectivity index (χ0n) is 28.9. The summed E-state index contributed by atoms with van der Waals surface area (Å²) >= 11 is 0. The topological polar surface area (TPSA) is 38.1 Å². The fraction of sp³-hybridized carbons (Fsp3) is 0.317. The van der Waals surface area contributed by atoms with Crippen molar-refractivity contribution in [3.05, 3.63) is 108 Å². The summed E-state index contributed by atoms with van der Waals surface area (Å²) < 4.78 is 11.7. The number of aryl methyl sites for hydroxylation is 2. The van der Waals surface area contributed by atoms with Crippen LogP contribution in [-0.4, -0.2) is 35.6 Å². The van der Waals surface area contributed by atoms with E-state index in [1.807, 2.05) is 6.20 Å². The van der Waals surface area contributed by atoms with Gasteiger partial charge < -0.3 is 9.32 Å². The van der Waals surface area contributed by atoms with Crippen molar-refractivity contribution in [2.75, 3.05) is 7.05 Å². The van der Waals surface area contributed by atoms with Crippen molar-refractivity contribution in [3.63, 3.8) is 0 Å². The summed E-state index contributed by atoms with van der Waals surface area (Å²) in [7, 11) is 3.09. The van der Waals surface area contributed by atoms with Gasteiger partial charge in [-0.2, -0.15) is 0 Å². The first-order valence-corrected chi connectivity index (χ1v) is 20.4. The number of nitrogens with zero attached hydrogens (tertiary/aromatic N) is 4. The highest BCUT2D eigenvalue weighted by atomic mass is 28.3. The first kappa shape index (κ1) is 29.9. The maximum absolute atomic E-state index is 6.58. The third-order valence-electron chi connectivity index (χ3n) is 11.7. The van der Waals surface area contributed by atoms with E-state index in [0.29, 0.717) is 12.0 Å². The van der Waals surface area contributed by atoms with E-state index < -0.39 is 8.07 Å². The highest BCUT2D eigenvalue weighted by Crippen LogP contribution is 2.59. The molecule has 0 bridgehead atoms. The Labute approximate surface area is 278 Å². The molecule has 4 heterocycles. The van der Waals surface area contributed by atoms with Gasteiger partial charge in [0.2, 0.25) is 0 Å². The Balaban J connectivity index is 1.35. The van der Waals surface area contributed by atoms with Gasteiger partial charge in [-0.15, -0.1) is 6.58 Å². The van der Waals surface area contributed by atoms with Gasteiger partial charge in [-0.1, -0.05) is 74.2 Å². The molecule has 6 aromatic rings. The molecule has 1 aliphatic heterocycles. The predicted octanol–water partition coefficient (Wildman–Crippen LogP) is 9.19. The molecule has 0 amide bonds. The fourth-order valence-corrected chi connectivity index (χ4v) is 9.49. The largest absolute Gasteiger partial charge is 0.456 e. The van der Waals surface area contributed by atoms with Crippen LogP contribution in [0.4, 0.5) is 0 Å². The number of benzene rings is 3. The van der Waals surface area contributed by atoms with Crippen LogP contribution in [0.25, 0.3) is 55.5 Å². The summed E-state index contributed by atoms with van der Waals surface area (Å²) in [5, 5.41) is 3.83. The van der Waals surface area contributed by atoms with E-state index in [2.05, 4.69) is 154 Å². The summed E-state index contributed by atoms with van der Waals surface area (Å²) in [6.45, 7) is 18.7. The predicted molar refractivity (Wildman–Crippen MR) is 197 cm³/mol. The average Bonchev–Trinajstić information content (AvgIpc) is 3.56. The molecule has 47 heavy (non-hydrogen) atoms. The van der Waals surface area contributed by atoms with Crippen LogP contribution in [-0.2, 0) is 19.0 Å². The highest BCUT2D eigenvalue weighted by molar-refractivity contribution is 6.82. The van der Waals surface area contributed by atoms with Gasteiger partial charge in [0.05, 0.1) is 26.4 Å². The summed E-state index contributed by atoms with van der Waals surface area (Å²) in [4.78, 5) is 7.25. The molecule has 3 aromatic carbocycles. The summed E-state index contributed by atoms with van der Waals surface area (Å²) in [5.41, 5.74) is 10.2. The molecule has 4 atom stereocenters. The molecule has 0 N–H and O–H groups in total. The molecule has 0 radical (unpaired) electrons.